The molecule has 4 aliphatic rings. The highest BCUT2D eigenvalue weighted by Crippen LogP contribution is 2.65. The number of benzene rings is 3. The first-order chi connectivity index (χ1) is 22.4. The molecule has 2 aliphatic carbocycles. The molecule has 0 bridgehead atoms. The first-order valence-electron chi connectivity index (χ1n) is 15.5. The molecule has 3 aromatic rings. The van der Waals surface area contributed by atoms with Crippen molar-refractivity contribution in [2.75, 3.05) is 16.9 Å². The van der Waals surface area contributed by atoms with Gasteiger partial charge in [0.15, 0.2) is 11.5 Å². The smallest absolute Gasteiger partial charge is 0.241 e. The van der Waals surface area contributed by atoms with Gasteiger partial charge < -0.3 is 9.84 Å². The van der Waals surface area contributed by atoms with Gasteiger partial charge in [0, 0.05) is 16.0 Å². The molecule has 0 aromatic heterocycles. The van der Waals surface area contributed by atoms with Crippen molar-refractivity contribution in [1.82, 2.24) is 0 Å². The number of carbonyl (C=O) groups excluding carboxylic acids is 4. The lowest BCUT2D eigenvalue weighted by molar-refractivity contribution is -0.131. The molecule has 242 valence electrons. The van der Waals surface area contributed by atoms with Crippen molar-refractivity contribution in [3.8, 4) is 11.5 Å². The fourth-order valence-corrected chi connectivity index (χ4v) is 8.96. The summed E-state index contributed by atoms with van der Waals surface area (Å²) in [5.74, 6) is -6.21. The van der Waals surface area contributed by atoms with Crippen molar-refractivity contribution in [2.24, 2.45) is 29.1 Å². The molecular weight excluding hydrogens is 691 g/mol. The summed E-state index contributed by atoms with van der Waals surface area (Å²) in [6.45, 7) is 3.72. The average molecular weight is 722 g/mol. The minimum atomic E-state index is -1.42. The Morgan fingerprint density at radius 3 is 2.34 bits per heavy atom. The van der Waals surface area contributed by atoms with Crippen molar-refractivity contribution in [2.45, 2.75) is 39.0 Å². The van der Waals surface area contributed by atoms with Gasteiger partial charge in [0.25, 0.3) is 0 Å². The Hall–Kier alpha value is -4.02. The number of rotatable bonds is 5. The van der Waals surface area contributed by atoms with Gasteiger partial charge in [-0.1, -0.05) is 58.2 Å². The van der Waals surface area contributed by atoms with Crippen LogP contribution in [0.5, 0.6) is 11.5 Å². The summed E-state index contributed by atoms with van der Waals surface area (Å²) in [6, 6.07) is 14.3. The zero-order valence-electron chi connectivity index (χ0n) is 25.8. The van der Waals surface area contributed by atoms with Crippen molar-refractivity contribution in [3.63, 3.8) is 0 Å². The van der Waals surface area contributed by atoms with E-state index in [2.05, 4.69) is 15.9 Å². The fourth-order valence-electron chi connectivity index (χ4n) is 8.33. The molecule has 0 radical (unpaired) electrons. The summed E-state index contributed by atoms with van der Waals surface area (Å²) >= 11 is 9.58. The molecule has 2 heterocycles. The lowest BCUT2D eigenvalue weighted by Crippen LogP contribution is -2.49. The van der Waals surface area contributed by atoms with Gasteiger partial charge in [0.2, 0.25) is 23.6 Å². The zero-order chi connectivity index (χ0) is 33.5. The number of fused-ring (bicyclic) bond motifs is 4. The van der Waals surface area contributed by atoms with Gasteiger partial charge in [-0.2, -0.15) is 0 Å². The normalized spacial score (nSPS) is 28.3. The molecule has 6 atom stereocenters. The van der Waals surface area contributed by atoms with E-state index in [9.17, 15) is 28.7 Å². The second-order valence-electron chi connectivity index (χ2n) is 12.8. The average Bonchev–Trinajstić information content (AvgIpc) is 3.43. The molecule has 2 aliphatic heterocycles. The summed E-state index contributed by atoms with van der Waals surface area (Å²) in [6.07, 6.45) is 3.11. The molecule has 1 saturated carbocycles. The van der Waals surface area contributed by atoms with Gasteiger partial charge in [0.05, 0.1) is 46.7 Å². The summed E-state index contributed by atoms with van der Waals surface area (Å²) in [5.41, 5.74) is 1.33. The van der Waals surface area contributed by atoms with Crippen LogP contribution in [0.4, 0.5) is 15.8 Å². The highest BCUT2D eigenvalue weighted by Gasteiger charge is 2.68. The third kappa shape index (κ3) is 4.51. The number of hydrogen-bond acceptors (Lipinski definition) is 6. The van der Waals surface area contributed by atoms with Gasteiger partial charge in [-0.15, -0.1) is 0 Å². The number of aromatic hydroxyl groups is 1. The van der Waals surface area contributed by atoms with Crippen molar-refractivity contribution in [3.05, 3.63) is 92.7 Å². The maximum absolute atomic E-state index is 14.6. The van der Waals surface area contributed by atoms with Gasteiger partial charge in [-0.05, 0) is 80.1 Å². The van der Waals surface area contributed by atoms with Crippen LogP contribution in [0.15, 0.2) is 70.7 Å². The number of nitrogens with zero attached hydrogens (tertiary/aromatic N) is 2. The number of allylic oxidation sites excluding steroid dienone is 2. The number of anilines is 2. The molecule has 0 spiro atoms. The SMILES string of the molecule is CCc1ccc(N2C(=O)[C@H]3[C@H](CC=C4[C@H]3C[C@H]3C(=O)N(c5ccc(F)c(Cl)c5)C(=O)[C@@]3(C)[C@H]4c3cc(Br)cc(OC)c3O)C2=O)cc1. The Morgan fingerprint density at radius 2 is 1.68 bits per heavy atom. The minimum Gasteiger partial charge on any atom is -0.504 e. The van der Waals surface area contributed by atoms with E-state index in [0.29, 0.717) is 21.3 Å². The monoisotopic (exact) mass is 720 g/mol. The Morgan fingerprint density at radius 1 is 0.979 bits per heavy atom. The highest BCUT2D eigenvalue weighted by atomic mass is 79.9. The number of hydrogen-bond donors (Lipinski definition) is 1. The number of phenols is 1. The van der Waals surface area contributed by atoms with E-state index in [1.165, 1.54) is 24.1 Å². The number of carbonyl (C=O) groups is 4. The number of ether oxygens (including phenoxy) is 1. The molecule has 3 aromatic carbocycles. The van der Waals surface area contributed by atoms with Crippen LogP contribution in [0.3, 0.4) is 0 Å². The number of imide groups is 2. The Balaban J connectivity index is 1.39. The summed E-state index contributed by atoms with van der Waals surface area (Å²) in [5, 5.41) is 11.3. The van der Waals surface area contributed by atoms with Crippen LogP contribution in [0, 0.1) is 34.9 Å². The molecule has 8 nitrogen and oxygen atoms in total. The largest absolute Gasteiger partial charge is 0.504 e. The van der Waals surface area contributed by atoms with Gasteiger partial charge in [0.1, 0.15) is 5.82 Å². The molecule has 47 heavy (non-hydrogen) atoms. The van der Waals surface area contributed by atoms with Gasteiger partial charge >= 0.3 is 0 Å². The lowest BCUT2D eigenvalue weighted by Gasteiger charge is -2.49. The number of aryl methyl sites for hydroxylation is 1. The first kappa shape index (κ1) is 31.6. The third-order valence-corrected chi connectivity index (χ3v) is 11.4. The topological polar surface area (TPSA) is 104 Å². The minimum absolute atomic E-state index is 0.125. The van der Waals surface area contributed by atoms with Crippen LogP contribution in [0.25, 0.3) is 0 Å². The summed E-state index contributed by atoms with van der Waals surface area (Å²) in [4.78, 5) is 59.4. The van der Waals surface area contributed by atoms with Crippen LogP contribution >= 0.6 is 27.5 Å². The predicted octanol–water partition coefficient (Wildman–Crippen LogP) is 6.95. The summed E-state index contributed by atoms with van der Waals surface area (Å²) in [7, 11) is 1.42. The van der Waals surface area contributed by atoms with Crippen LogP contribution < -0.4 is 14.5 Å². The highest BCUT2D eigenvalue weighted by molar-refractivity contribution is 9.10. The molecule has 11 heteroatoms. The second kappa shape index (κ2) is 11.3. The van der Waals surface area contributed by atoms with Crippen molar-refractivity contribution >= 4 is 62.5 Å². The molecule has 1 N–H and O–H groups in total. The van der Waals surface area contributed by atoms with E-state index in [1.54, 1.807) is 31.2 Å². The Bertz CT molecular complexity index is 1910. The van der Waals surface area contributed by atoms with Gasteiger partial charge in [-0.3, -0.25) is 24.1 Å². The first-order valence-corrected chi connectivity index (χ1v) is 16.7. The fraction of sp³-hybridized carbons (Fsp3) is 0.333. The number of amides is 4. The molecule has 2 saturated heterocycles. The molecule has 3 fully saturated rings. The van der Waals surface area contributed by atoms with Gasteiger partial charge in [-0.25, -0.2) is 9.29 Å². The quantitative estimate of drug-likeness (QED) is 0.226. The third-order valence-electron chi connectivity index (χ3n) is 10.6. The number of phenolic OH excluding ortho intramolecular Hbond substituents is 1. The maximum Gasteiger partial charge on any atom is 0.241 e. The van der Waals surface area contributed by atoms with Crippen molar-refractivity contribution in [1.29, 1.82) is 0 Å². The lowest BCUT2D eigenvalue weighted by atomic mass is 9.51. The van der Waals surface area contributed by atoms with Crippen molar-refractivity contribution < 1.29 is 33.4 Å². The van der Waals surface area contributed by atoms with Crippen LogP contribution in [0.1, 0.15) is 43.7 Å². The summed E-state index contributed by atoms with van der Waals surface area (Å²) < 4.78 is 20.2. The van der Waals surface area contributed by atoms with E-state index in [-0.39, 0.29) is 46.9 Å². The van der Waals surface area contributed by atoms with E-state index < -0.39 is 52.6 Å². The van der Waals surface area contributed by atoms with Crippen LogP contribution in [0.2, 0.25) is 5.02 Å². The maximum atomic E-state index is 14.6. The van der Waals surface area contributed by atoms with Crippen LogP contribution in [-0.2, 0) is 25.6 Å². The molecule has 4 amide bonds. The molecular formula is C36H31BrClFN2O6. The molecule has 0 unspecified atom stereocenters. The predicted molar refractivity (Wildman–Crippen MR) is 177 cm³/mol. The van der Waals surface area contributed by atoms with E-state index >= 15 is 0 Å². The molecule has 7 rings (SSSR count). The standard InChI is InChI=1S/C36H31BrClFN2O6/c1-4-17-5-7-19(8-6-17)40-32(43)22-11-10-21-23(29(22)34(40)45)16-25-33(44)41(20-9-12-27(39)26(38)15-20)35(46)36(25,2)30(21)24-13-18(37)14-28(47-3)31(24)42/h5-10,12-15,22-23,25,29-30,42H,4,11,16H2,1-3H3/t22-,23+,25-,29-,30+,36+/m0/s1. The number of halogens is 3. The van der Waals surface area contributed by atoms with Crippen LogP contribution in [-0.4, -0.2) is 35.8 Å². The second-order valence-corrected chi connectivity index (χ2v) is 14.2. The Kier molecular flexibility index (Phi) is 7.59. The van der Waals surface area contributed by atoms with E-state index in [0.717, 1.165) is 23.0 Å². The van der Waals surface area contributed by atoms with E-state index in [4.69, 9.17) is 16.3 Å². The zero-order valence-corrected chi connectivity index (χ0v) is 28.1. The Labute approximate surface area is 284 Å². The van der Waals surface area contributed by atoms with E-state index in [1.807, 2.05) is 25.1 Å². The number of methoxy groups -OCH3 is 1.